The second-order valence-electron chi connectivity index (χ2n) is 5.52. The van der Waals surface area contributed by atoms with Gasteiger partial charge in [0.2, 0.25) is 5.91 Å². The van der Waals surface area contributed by atoms with E-state index in [0.29, 0.717) is 0 Å². The Labute approximate surface area is 130 Å². The molecule has 4 heteroatoms. The molecule has 0 spiro atoms. The number of benzene rings is 2. The Kier molecular flexibility index (Phi) is 5.53. The van der Waals surface area contributed by atoms with Gasteiger partial charge in [-0.25, -0.2) is 4.39 Å². The summed E-state index contributed by atoms with van der Waals surface area (Å²) in [6, 6.07) is 14.1. The molecule has 2 aromatic carbocycles. The van der Waals surface area contributed by atoms with E-state index in [4.69, 9.17) is 0 Å². The number of carbonyl (C=O) groups is 1. The number of amides is 1. The van der Waals surface area contributed by atoms with E-state index in [9.17, 15) is 9.18 Å². The van der Waals surface area contributed by atoms with E-state index in [1.54, 1.807) is 12.1 Å². The first-order valence-corrected chi connectivity index (χ1v) is 7.44. The second kappa shape index (κ2) is 7.59. The number of hydrogen-bond donors (Lipinski definition) is 2. The minimum Gasteiger partial charge on any atom is -0.385 e. The Morgan fingerprint density at radius 1 is 1.00 bits per heavy atom. The molecular formula is C18H21FN2O. The molecule has 2 N–H and O–H groups in total. The van der Waals surface area contributed by atoms with Crippen molar-refractivity contribution in [2.75, 3.05) is 17.2 Å². The van der Waals surface area contributed by atoms with Crippen molar-refractivity contribution in [2.24, 2.45) is 5.92 Å². The van der Waals surface area contributed by atoms with Gasteiger partial charge in [-0.1, -0.05) is 26.0 Å². The lowest BCUT2D eigenvalue weighted by atomic mass is 10.1. The number of anilines is 2. The zero-order chi connectivity index (χ0) is 15.9. The molecule has 0 fully saturated rings. The standard InChI is InChI=1S/C18H21FN2O/c1-13(2)18(22)21-17-9-7-16(8-10-17)20-12-11-14-3-5-15(19)6-4-14/h3-10,13,20H,11-12H2,1-2H3,(H,21,22). The summed E-state index contributed by atoms with van der Waals surface area (Å²) in [7, 11) is 0. The highest BCUT2D eigenvalue weighted by Crippen LogP contribution is 2.14. The van der Waals surface area contributed by atoms with Crippen molar-refractivity contribution in [3.8, 4) is 0 Å². The molecule has 2 aromatic rings. The first-order valence-electron chi connectivity index (χ1n) is 7.44. The lowest BCUT2D eigenvalue weighted by Gasteiger charge is -2.10. The van der Waals surface area contributed by atoms with Gasteiger partial charge in [-0.15, -0.1) is 0 Å². The zero-order valence-corrected chi connectivity index (χ0v) is 12.9. The normalized spacial score (nSPS) is 10.5. The maximum Gasteiger partial charge on any atom is 0.226 e. The maximum atomic E-state index is 12.8. The summed E-state index contributed by atoms with van der Waals surface area (Å²) in [5.74, 6) is -0.235. The van der Waals surface area contributed by atoms with E-state index in [1.165, 1.54) is 12.1 Å². The monoisotopic (exact) mass is 300 g/mol. The van der Waals surface area contributed by atoms with E-state index in [1.807, 2.05) is 38.1 Å². The smallest absolute Gasteiger partial charge is 0.226 e. The molecule has 0 heterocycles. The minimum atomic E-state index is -0.212. The molecule has 0 atom stereocenters. The van der Waals surface area contributed by atoms with Gasteiger partial charge in [-0.3, -0.25) is 4.79 Å². The fraction of sp³-hybridized carbons (Fsp3) is 0.278. The van der Waals surface area contributed by atoms with Crippen molar-refractivity contribution in [1.82, 2.24) is 0 Å². The summed E-state index contributed by atoms with van der Waals surface area (Å²) in [4.78, 5) is 11.6. The molecular weight excluding hydrogens is 279 g/mol. The summed E-state index contributed by atoms with van der Waals surface area (Å²) in [6.07, 6.45) is 0.826. The summed E-state index contributed by atoms with van der Waals surface area (Å²) in [5.41, 5.74) is 2.88. The zero-order valence-electron chi connectivity index (χ0n) is 12.9. The van der Waals surface area contributed by atoms with Gasteiger partial charge in [0.05, 0.1) is 0 Å². The molecule has 0 unspecified atom stereocenters. The summed E-state index contributed by atoms with van der Waals surface area (Å²) < 4.78 is 12.8. The van der Waals surface area contributed by atoms with Crippen LogP contribution in [0.2, 0.25) is 0 Å². The van der Waals surface area contributed by atoms with Gasteiger partial charge in [0.1, 0.15) is 5.82 Å². The van der Waals surface area contributed by atoms with Gasteiger partial charge in [0.15, 0.2) is 0 Å². The van der Waals surface area contributed by atoms with Crippen LogP contribution in [0.15, 0.2) is 48.5 Å². The Balaban J connectivity index is 1.81. The average molecular weight is 300 g/mol. The van der Waals surface area contributed by atoms with Crippen LogP contribution in [-0.4, -0.2) is 12.5 Å². The van der Waals surface area contributed by atoms with Crippen LogP contribution in [0.25, 0.3) is 0 Å². The third kappa shape index (κ3) is 4.88. The van der Waals surface area contributed by atoms with Crippen LogP contribution in [-0.2, 0) is 11.2 Å². The third-order valence-corrected chi connectivity index (χ3v) is 3.33. The molecule has 1 amide bonds. The fourth-order valence-corrected chi connectivity index (χ4v) is 1.96. The number of nitrogens with one attached hydrogen (secondary N) is 2. The first-order chi connectivity index (χ1) is 10.5. The Bertz CT molecular complexity index is 606. The van der Waals surface area contributed by atoms with Crippen molar-refractivity contribution < 1.29 is 9.18 Å². The minimum absolute atomic E-state index is 0.0111. The molecule has 22 heavy (non-hydrogen) atoms. The molecule has 0 bridgehead atoms. The molecule has 0 radical (unpaired) electrons. The van der Waals surface area contributed by atoms with E-state index in [2.05, 4.69) is 10.6 Å². The third-order valence-electron chi connectivity index (χ3n) is 3.33. The van der Waals surface area contributed by atoms with Crippen molar-refractivity contribution in [2.45, 2.75) is 20.3 Å². The van der Waals surface area contributed by atoms with E-state index >= 15 is 0 Å². The van der Waals surface area contributed by atoms with Crippen molar-refractivity contribution in [1.29, 1.82) is 0 Å². The predicted octanol–water partition coefficient (Wildman–Crippen LogP) is 4.07. The van der Waals surface area contributed by atoms with Crippen molar-refractivity contribution in [3.63, 3.8) is 0 Å². The average Bonchev–Trinajstić information content (AvgIpc) is 2.51. The molecule has 0 saturated heterocycles. The molecule has 116 valence electrons. The van der Waals surface area contributed by atoms with Crippen LogP contribution in [0.1, 0.15) is 19.4 Å². The molecule has 0 aliphatic carbocycles. The second-order valence-corrected chi connectivity index (χ2v) is 5.52. The highest BCUT2D eigenvalue weighted by molar-refractivity contribution is 5.92. The Hall–Kier alpha value is -2.36. The van der Waals surface area contributed by atoms with E-state index in [-0.39, 0.29) is 17.6 Å². The lowest BCUT2D eigenvalue weighted by Crippen LogP contribution is -2.17. The predicted molar refractivity (Wildman–Crippen MR) is 88.5 cm³/mol. The topological polar surface area (TPSA) is 41.1 Å². The molecule has 2 rings (SSSR count). The van der Waals surface area contributed by atoms with Crippen molar-refractivity contribution in [3.05, 3.63) is 59.9 Å². The largest absolute Gasteiger partial charge is 0.385 e. The fourth-order valence-electron chi connectivity index (χ4n) is 1.96. The van der Waals surface area contributed by atoms with Crippen LogP contribution < -0.4 is 10.6 Å². The van der Waals surface area contributed by atoms with Crippen LogP contribution >= 0.6 is 0 Å². The SMILES string of the molecule is CC(C)C(=O)Nc1ccc(NCCc2ccc(F)cc2)cc1. The van der Waals surface area contributed by atoms with Gasteiger partial charge >= 0.3 is 0 Å². The summed E-state index contributed by atoms with van der Waals surface area (Å²) in [5, 5.41) is 6.16. The van der Waals surface area contributed by atoms with Crippen LogP contribution in [0.4, 0.5) is 15.8 Å². The summed E-state index contributed by atoms with van der Waals surface area (Å²) in [6.45, 7) is 4.49. The van der Waals surface area contributed by atoms with Crippen LogP contribution in [0.5, 0.6) is 0 Å². The number of rotatable bonds is 6. The highest BCUT2D eigenvalue weighted by atomic mass is 19.1. The Morgan fingerprint density at radius 2 is 1.59 bits per heavy atom. The van der Waals surface area contributed by atoms with Crippen LogP contribution in [0, 0.1) is 11.7 Å². The van der Waals surface area contributed by atoms with Gasteiger partial charge in [0, 0.05) is 23.8 Å². The van der Waals surface area contributed by atoms with Crippen molar-refractivity contribution >= 4 is 17.3 Å². The molecule has 0 aliphatic heterocycles. The maximum absolute atomic E-state index is 12.8. The lowest BCUT2D eigenvalue weighted by molar-refractivity contribution is -0.118. The Morgan fingerprint density at radius 3 is 2.18 bits per heavy atom. The van der Waals surface area contributed by atoms with Gasteiger partial charge < -0.3 is 10.6 Å². The quantitative estimate of drug-likeness (QED) is 0.844. The first kappa shape index (κ1) is 16.0. The van der Waals surface area contributed by atoms with Gasteiger partial charge in [0.25, 0.3) is 0 Å². The van der Waals surface area contributed by atoms with Crippen LogP contribution in [0.3, 0.4) is 0 Å². The molecule has 0 aliphatic rings. The van der Waals surface area contributed by atoms with Gasteiger partial charge in [-0.2, -0.15) is 0 Å². The molecule has 0 saturated carbocycles. The number of carbonyl (C=O) groups excluding carboxylic acids is 1. The van der Waals surface area contributed by atoms with E-state index in [0.717, 1.165) is 29.9 Å². The number of halogens is 1. The summed E-state index contributed by atoms with van der Waals surface area (Å²) >= 11 is 0. The molecule has 3 nitrogen and oxygen atoms in total. The number of hydrogen-bond acceptors (Lipinski definition) is 2. The molecule has 0 aromatic heterocycles. The highest BCUT2D eigenvalue weighted by Gasteiger charge is 2.06. The van der Waals surface area contributed by atoms with Gasteiger partial charge in [-0.05, 0) is 48.4 Å². The van der Waals surface area contributed by atoms with E-state index < -0.39 is 0 Å².